The summed E-state index contributed by atoms with van der Waals surface area (Å²) in [7, 11) is 1.18. The van der Waals surface area contributed by atoms with Gasteiger partial charge in [-0.2, -0.15) is 0 Å². The molecule has 1 atom stereocenters. The van der Waals surface area contributed by atoms with E-state index in [4.69, 9.17) is 4.74 Å². The zero-order chi connectivity index (χ0) is 19.6. The molecule has 0 saturated heterocycles. The molecule has 0 bridgehead atoms. The molecule has 27 heavy (non-hydrogen) atoms. The normalized spacial score (nSPS) is 15.3. The van der Waals surface area contributed by atoms with Crippen LogP contribution in [0.3, 0.4) is 0 Å². The molecule has 0 unspecified atom stereocenters. The maximum absolute atomic E-state index is 14.3. The predicted molar refractivity (Wildman–Crippen MR) is 89.1 cm³/mol. The number of alkyl carbamates (subject to hydrolysis) is 1. The number of hydrogen-bond acceptors (Lipinski definition) is 4. The number of hydrogen-bond donors (Lipinski definition) is 2. The van der Waals surface area contributed by atoms with Crippen molar-refractivity contribution in [1.29, 1.82) is 0 Å². The lowest BCUT2D eigenvalue weighted by atomic mass is 9.96. The zero-order valence-electron chi connectivity index (χ0n) is 14.1. The highest BCUT2D eigenvalue weighted by molar-refractivity contribution is 6.06. The Hall–Kier alpha value is -3.23. The van der Waals surface area contributed by atoms with Gasteiger partial charge in [0.25, 0.3) is 5.91 Å². The van der Waals surface area contributed by atoms with E-state index < -0.39 is 35.5 Å². The highest BCUT2D eigenvalue weighted by Crippen LogP contribution is 2.37. The standard InChI is InChI=1S/C18H15F3N2O4/c1-26-18(25)23-14-6-7-27-16-10(3-5-12(20)15(14)16)17(24)22-9-2-4-11(19)13(21)8-9/h2-5,8,14H,6-7H2,1H3,(H,22,24)(H,23,25)/t14-/m1/s1. The van der Waals surface area contributed by atoms with Gasteiger partial charge < -0.3 is 20.1 Å². The summed E-state index contributed by atoms with van der Waals surface area (Å²) < 4.78 is 50.7. The zero-order valence-corrected chi connectivity index (χ0v) is 14.1. The van der Waals surface area contributed by atoms with Crippen LogP contribution in [-0.2, 0) is 4.74 Å². The Morgan fingerprint density at radius 2 is 1.85 bits per heavy atom. The topological polar surface area (TPSA) is 76.7 Å². The summed E-state index contributed by atoms with van der Waals surface area (Å²) in [6.07, 6.45) is -0.461. The average molecular weight is 380 g/mol. The molecule has 1 heterocycles. The van der Waals surface area contributed by atoms with Crippen LogP contribution in [0, 0.1) is 17.5 Å². The lowest BCUT2D eigenvalue weighted by Gasteiger charge is -2.28. The number of ether oxygens (including phenoxy) is 2. The lowest BCUT2D eigenvalue weighted by molar-refractivity contribution is 0.102. The minimum absolute atomic E-state index is 0.00695. The molecular weight excluding hydrogens is 365 g/mol. The van der Waals surface area contributed by atoms with Crippen LogP contribution in [0.2, 0.25) is 0 Å². The van der Waals surface area contributed by atoms with Gasteiger partial charge in [0, 0.05) is 18.2 Å². The van der Waals surface area contributed by atoms with Crippen molar-refractivity contribution in [3.8, 4) is 5.75 Å². The van der Waals surface area contributed by atoms with E-state index in [9.17, 15) is 22.8 Å². The molecule has 1 aliphatic rings. The number of carbonyl (C=O) groups excluding carboxylic acids is 2. The van der Waals surface area contributed by atoms with Crippen LogP contribution in [0.4, 0.5) is 23.7 Å². The minimum Gasteiger partial charge on any atom is -0.492 e. The molecule has 9 heteroatoms. The number of fused-ring (bicyclic) bond motifs is 1. The number of amides is 2. The van der Waals surface area contributed by atoms with Crippen molar-refractivity contribution in [3.63, 3.8) is 0 Å². The van der Waals surface area contributed by atoms with Crippen molar-refractivity contribution in [3.05, 3.63) is 58.9 Å². The van der Waals surface area contributed by atoms with Gasteiger partial charge in [0.15, 0.2) is 11.6 Å². The lowest BCUT2D eigenvalue weighted by Crippen LogP contribution is -2.33. The summed E-state index contributed by atoms with van der Waals surface area (Å²) in [5.41, 5.74) is 0.0362. The largest absolute Gasteiger partial charge is 0.492 e. The van der Waals surface area contributed by atoms with E-state index in [0.717, 1.165) is 18.2 Å². The van der Waals surface area contributed by atoms with Crippen molar-refractivity contribution in [1.82, 2.24) is 5.32 Å². The van der Waals surface area contributed by atoms with E-state index in [1.165, 1.54) is 19.2 Å². The molecule has 1 aliphatic heterocycles. The maximum atomic E-state index is 14.3. The van der Waals surface area contributed by atoms with E-state index in [1.54, 1.807) is 0 Å². The summed E-state index contributed by atoms with van der Waals surface area (Å²) in [5.74, 6) is -3.55. The molecule has 0 aliphatic carbocycles. The molecule has 0 radical (unpaired) electrons. The molecule has 3 rings (SSSR count). The van der Waals surface area contributed by atoms with E-state index in [2.05, 4.69) is 15.4 Å². The summed E-state index contributed by atoms with van der Waals surface area (Å²) in [6.45, 7) is 0.135. The van der Waals surface area contributed by atoms with Crippen molar-refractivity contribution in [2.24, 2.45) is 0 Å². The molecule has 2 aromatic carbocycles. The smallest absolute Gasteiger partial charge is 0.407 e. The van der Waals surface area contributed by atoms with Gasteiger partial charge in [0.05, 0.1) is 30.9 Å². The van der Waals surface area contributed by atoms with Crippen LogP contribution in [0.1, 0.15) is 28.4 Å². The first-order valence-electron chi connectivity index (χ1n) is 7.96. The summed E-state index contributed by atoms with van der Waals surface area (Å²) >= 11 is 0. The highest BCUT2D eigenvalue weighted by Gasteiger charge is 2.30. The van der Waals surface area contributed by atoms with Gasteiger partial charge in [-0.25, -0.2) is 18.0 Å². The first kappa shape index (κ1) is 18.6. The predicted octanol–water partition coefficient (Wildman–Crippen LogP) is 3.54. The van der Waals surface area contributed by atoms with E-state index in [-0.39, 0.29) is 35.6 Å². The molecule has 0 aromatic heterocycles. The third-order valence-electron chi connectivity index (χ3n) is 4.04. The molecule has 2 N–H and O–H groups in total. The second-order valence-corrected chi connectivity index (χ2v) is 5.75. The molecule has 2 amide bonds. The summed E-state index contributed by atoms with van der Waals surface area (Å²) in [6, 6.07) is 4.43. The van der Waals surface area contributed by atoms with E-state index in [1.807, 2.05) is 0 Å². The third kappa shape index (κ3) is 3.81. The quantitative estimate of drug-likeness (QED) is 0.854. The van der Waals surface area contributed by atoms with Crippen LogP contribution >= 0.6 is 0 Å². The van der Waals surface area contributed by atoms with Crippen molar-refractivity contribution in [2.45, 2.75) is 12.5 Å². The van der Waals surface area contributed by atoms with E-state index >= 15 is 0 Å². The van der Waals surface area contributed by atoms with Gasteiger partial charge in [0.1, 0.15) is 11.6 Å². The highest BCUT2D eigenvalue weighted by atomic mass is 19.2. The SMILES string of the molecule is COC(=O)N[C@@H]1CCOc2c(C(=O)Nc3ccc(F)c(F)c3)ccc(F)c21. The van der Waals surface area contributed by atoms with E-state index in [0.29, 0.717) is 0 Å². The Balaban J connectivity index is 1.92. The maximum Gasteiger partial charge on any atom is 0.407 e. The van der Waals surface area contributed by atoms with Crippen molar-refractivity contribution >= 4 is 17.7 Å². The molecular formula is C18H15F3N2O4. The number of benzene rings is 2. The Kier molecular flexibility index (Phi) is 5.20. The first-order valence-corrected chi connectivity index (χ1v) is 7.96. The van der Waals surface area contributed by atoms with Crippen molar-refractivity contribution < 1.29 is 32.2 Å². The Morgan fingerprint density at radius 3 is 2.56 bits per heavy atom. The number of methoxy groups -OCH3 is 1. The fraction of sp³-hybridized carbons (Fsp3) is 0.222. The van der Waals surface area contributed by atoms with Crippen LogP contribution in [0.25, 0.3) is 0 Å². The van der Waals surface area contributed by atoms with Crippen LogP contribution in [0.5, 0.6) is 5.75 Å². The number of carbonyl (C=O) groups is 2. The van der Waals surface area contributed by atoms with Crippen LogP contribution < -0.4 is 15.4 Å². The Bertz CT molecular complexity index is 904. The van der Waals surface area contributed by atoms with Gasteiger partial charge in [-0.3, -0.25) is 4.79 Å². The fourth-order valence-electron chi connectivity index (χ4n) is 2.78. The molecule has 6 nitrogen and oxygen atoms in total. The number of halogens is 3. The monoisotopic (exact) mass is 380 g/mol. The van der Waals surface area contributed by atoms with Crippen LogP contribution in [-0.4, -0.2) is 25.7 Å². The Labute approximate surface area is 152 Å². The fourth-order valence-corrected chi connectivity index (χ4v) is 2.78. The third-order valence-corrected chi connectivity index (χ3v) is 4.04. The van der Waals surface area contributed by atoms with Crippen LogP contribution in [0.15, 0.2) is 30.3 Å². The number of anilines is 1. The molecule has 0 spiro atoms. The second-order valence-electron chi connectivity index (χ2n) is 5.75. The van der Waals surface area contributed by atoms with Gasteiger partial charge in [0.2, 0.25) is 0 Å². The first-order chi connectivity index (χ1) is 12.9. The number of rotatable bonds is 3. The molecule has 142 valence electrons. The van der Waals surface area contributed by atoms with Gasteiger partial charge in [-0.05, 0) is 24.3 Å². The van der Waals surface area contributed by atoms with Gasteiger partial charge in [-0.1, -0.05) is 0 Å². The van der Waals surface area contributed by atoms with Gasteiger partial charge >= 0.3 is 6.09 Å². The molecule has 0 fully saturated rings. The second kappa shape index (κ2) is 7.56. The van der Waals surface area contributed by atoms with Crippen molar-refractivity contribution in [2.75, 3.05) is 19.0 Å². The Morgan fingerprint density at radius 1 is 1.11 bits per heavy atom. The summed E-state index contributed by atoms with van der Waals surface area (Å²) in [4.78, 5) is 24.0. The average Bonchev–Trinajstić information content (AvgIpc) is 2.65. The van der Waals surface area contributed by atoms with Gasteiger partial charge in [-0.15, -0.1) is 0 Å². The minimum atomic E-state index is -1.12. The molecule has 0 saturated carbocycles. The molecule has 2 aromatic rings. The summed E-state index contributed by atoms with van der Waals surface area (Å²) in [5, 5.41) is 4.89. The number of nitrogens with one attached hydrogen (secondary N) is 2.